The first-order chi connectivity index (χ1) is 7.42. The minimum atomic E-state index is -0.216. The summed E-state index contributed by atoms with van der Waals surface area (Å²) in [5.74, 6) is 0.800. The highest BCUT2D eigenvalue weighted by Gasteiger charge is 2.11. The van der Waals surface area contributed by atoms with Crippen LogP contribution in [0.5, 0.6) is 5.75 Å². The Morgan fingerprint density at radius 2 is 2.00 bits per heavy atom. The van der Waals surface area contributed by atoms with Crippen LogP contribution in [0.2, 0.25) is 5.02 Å². The van der Waals surface area contributed by atoms with Crippen LogP contribution in [0.4, 0.5) is 0 Å². The van der Waals surface area contributed by atoms with Crippen LogP contribution in [0, 0.1) is 0 Å². The van der Waals surface area contributed by atoms with Gasteiger partial charge in [0.15, 0.2) is 0 Å². The molecule has 3 nitrogen and oxygen atoms in total. The molecule has 0 aliphatic heterocycles. The minimum Gasteiger partial charge on any atom is -0.496 e. The maximum atomic E-state index is 5.92. The molecule has 0 aliphatic carbocycles. The van der Waals surface area contributed by atoms with Crippen LogP contribution in [-0.2, 0) is 11.4 Å². The molecule has 0 aliphatic rings. The van der Waals surface area contributed by atoms with E-state index in [1.807, 2.05) is 32.9 Å². The van der Waals surface area contributed by atoms with E-state index in [0.717, 1.165) is 11.3 Å². The largest absolute Gasteiger partial charge is 0.496 e. The van der Waals surface area contributed by atoms with Crippen molar-refractivity contribution in [2.24, 2.45) is 0 Å². The fourth-order valence-electron chi connectivity index (χ4n) is 1.22. The third-order valence-electron chi connectivity index (χ3n) is 1.88. The molecule has 0 saturated heterocycles. The summed E-state index contributed by atoms with van der Waals surface area (Å²) < 4.78 is 5.23. The van der Waals surface area contributed by atoms with Gasteiger partial charge >= 0.3 is 0 Å². The van der Waals surface area contributed by atoms with E-state index in [1.165, 1.54) is 0 Å². The van der Waals surface area contributed by atoms with E-state index >= 15 is 0 Å². The Kier molecular flexibility index (Phi) is 4.59. The SMILES string of the molecule is COc1ccc(Cl)cc1CNOC(C)(C)C. The van der Waals surface area contributed by atoms with Gasteiger partial charge in [-0.1, -0.05) is 11.6 Å². The first-order valence-electron chi connectivity index (χ1n) is 5.15. The van der Waals surface area contributed by atoms with Crippen LogP contribution in [0.3, 0.4) is 0 Å². The lowest BCUT2D eigenvalue weighted by atomic mass is 10.2. The van der Waals surface area contributed by atoms with E-state index in [0.29, 0.717) is 11.6 Å². The highest BCUT2D eigenvalue weighted by Crippen LogP contribution is 2.22. The summed E-state index contributed by atoms with van der Waals surface area (Å²) in [6.45, 7) is 6.50. The number of hydrogen-bond acceptors (Lipinski definition) is 3. The first-order valence-corrected chi connectivity index (χ1v) is 5.53. The fourth-order valence-corrected chi connectivity index (χ4v) is 1.41. The summed E-state index contributed by atoms with van der Waals surface area (Å²) >= 11 is 5.92. The summed E-state index contributed by atoms with van der Waals surface area (Å²) in [5, 5.41) is 0.688. The Bertz CT molecular complexity index is 347. The van der Waals surface area contributed by atoms with Crippen LogP contribution in [-0.4, -0.2) is 12.7 Å². The topological polar surface area (TPSA) is 30.5 Å². The molecular weight excluding hydrogens is 226 g/mol. The predicted molar refractivity (Wildman–Crippen MR) is 65.7 cm³/mol. The second kappa shape index (κ2) is 5.53. The van der Waals surface area contributed by atoms with Gasteiger partial charge in [-0.2, -0.15) is 5.48 Å². The minimum absolute atomic E-state index is 0.216. The molecule has 0 unspecified atom stereocenters. The number of methoxy groups -OCH3 is 1. The molecule has 16 heavy (non-hydrogen) atoms. The Hall–Kier alpha value is -0.770. The van der Waals surface area contributed by atoms with Gasteiger partial charge < -0.3 is 4.74 Å². The van der Waals surface area contributed by atoms with Crippen molar-refractivity contribution >= 4 is 11.6 Å². The van der Waals surface area contributed by atoms with Crippen molar-refractivity contribution in [3.63, 3.8) is 0 Å². The first kappa shape index (κ1) is 13.3. The van der Waals surface area contributed by atoms with E-state index in [2.05, 4.69) is 5.48 Å². The van der Waals surface area contributed by atoms with Gasteiger partial charge in [0.1, 0.15) is 5.75 Å². The molecule has 1 aromatic carbocycles. The monoisotopic (exact) mass is 243 g/mol. The molecule has 0 fully saturated rings. The van der Waals surface area contributed by atoms with Gasteiger partial charge in [0.2, 0.25) is 0 Å². The van der Waals surface area contributed by atoms with Crippen LogP contribution in [0.15, 0.2) is 18.2 Å². The van der Waals surface area contributed by atoms with E-state index in [1.54, 1.807) is 13.2 Å². The second-order valence-corrected chi connectivity index (χ2v) is 4.93. The van der Waals surface area contributed by atoms with Crippen LogP contribution < -0.4 is 10.2 Å². The van der Waals surface area contributed by atoms with Gasteiger partial charge in [0.05, 0.1) is 12.7 Å². The lowest BCUT2D eigenvalue weighted by Crippen LogP contribution is -2.28. The fraction of sp³-hybridized carbons (Fsp3) is 0.500. The van der Waals surface area contributed by atoms with Crippen molar-refractivity contribution in [3.05, 3.63) is 28.8 Å². The maximum Gasteiger partial charge on any atom is 0.123 e. The van der Waals surface area contributed by atoms with Crippen molar-refractivity contribution in [2.75, 3.05) is 7.11 Å². The van der Waals surface area contributed by atoms with Crippen molar-refractivity contribution in [1.82, 2.24) is 5.48 Å². The zero-order valence-corrected chi connectivity index (χ0v) is 10.9. The van der Waals surface area contributed by atoms with E-state index < -0.39 is 0 Å². The molecule has 1 rings (SSSR count). The number of halogens is 1. The molecule has 0 atom stereocenters. The van der Waals surface area contributed by atoms with Gasteiger partial charge in [-0.25, -0.2) is 0 Å². The summed E-state index contributed by atoms with van der Waals surface area (Å²) in [4.78, 5) is 5.42. The summed E-state index contributed by atoms with van der Waals surface area (Å²) in [6, 6.07) is 5.50. The second-order valence-electron chi connectivity index (χ2n) is 4.49. The number of ether oxygens (including phenoxy) is 1. The number of rotatable bonds is 4. The zero-order valence-electron chi connectivity index (χ0n) is 10.1. The molecule has 0 amide bonds. The number of hydroxylamine groups is 1. The molecule has 1 aromatic rings. The molecular formula is C12H18ClNO2. The molecule has 1 N–H and O–H groups in total. The highest BCUT2D eigenvalue weighted by molar-refractivity contribution is 6.30. The zero-order chi connectivity index (χ0) is 12.2. The molecule has 0 heterocycles. The lowest BCUT2D eigenvalue weighted by molar-refractivity contribution is -0.0759. The molecule has 90 valence electrons. The predicted octanol–water partition coefficient (Wildman–Crippen LogP) is 3.17. The third kappa shape index (κ3) is 4.39. The summed E-state index contributed by atoms with van der Waals surface area (Å²) in [5.41, 5.74) is 3.66. The van der Waals surface area contributed by atoms with Crippen molar-refractivity contribution in [2.45, 2.75) is 32.9 Å². The van der Waals surface area contributed by atoms with E-state index in [-0.39, 0.29) is 5.60 Å². The highest BCUT2D eigenvalue weighted by atomic mass is 35.5. The number of hydrogen-bond donors (Lipinski definition) is 1. The molecule has 0 bridgehead atoms. The summed E-state index contributed by atoms with van der Waals surface area (Å²) in [7, 11) is 1.64. The van der Waals surface area contributed by atoms with Gasteiger partial charge in [0.25, 0.3) is 0 Å². The Balaban J connectivity index is 2.62. The summed E-state index contributed by atoms with van der Waals surface area (Å²) in [6.07, 6.45) is 0. The van der Waals surface area contributed by atoms with Crippen molar-refractivity contribution < 1.29 is 9.57 Å². The standard InChI is InChI=1S/C12H18ClNO2/c1-12(2,3)16-14-8-9-7-10(13)5-6-11(9)15-4/h5-7,14H,8H2,1-4H3. The average Bonchev–Trinajstić information content (AvgIpc) is 2.16. The average molecular weight is 244 g/mol. The Morgan fingerprint density at radius 1 is 1.31 bits per heavy atom. The van der Waals surface area contributed by atoms with E-state index in [9.17, 15) is 0 Å². The number of benzene rings is 1. The van der Waals surface area contributed by atoms with Gasteiger partial charge in [-0.3, -0.25) is 4.84 Å². The van der Waals surface area contributed by atoms with Crippen molar-refractivity contribution in [3.8, 4) is 5.75 Å². The Morgan fingerprint density at radius 3 is 2.56 bits per heavy atom. The molecule has 4 heteroatoms. The smallest absolute Gasteiger partial charge is 0.123 e. The molecule has 0 radical (unpaired) electrons. The maximum absolute atomic E-state index is 5.92. The Labute approximate surface area is 102 Å². The third-order valence-corrected chi connectivity index (χ3v) is 2.12. The van der Waals surface area contributed by atoms with E-state index in [4.69, 9.17) is 21.2 Å². The quantitative estimate of drug-likeness (QED) is 0.824. The lowest BCUT2D eigenvalue weighted by Gasteiger charge is -2.20. The van der Waals surface area contributed by atoms with Crippen LogP contribution in [0.25, 0.3) is 0 Å². The molecule has 0 aromatic heterocycles. The molecule has 0 saturated carbocycles. The van der Waals surface area contributed by atoms with Crippen LogP contribution >= 0.6 is 11.6 Å². The van der Waals surface area contributed by atoms with Gasteiger partial charge in [-0.05, 0) is 39.0 Å². The normalized spacial score (nSPS) is 11.6. The van der Waals surface area contributed by atoms with Gasteiger partial charge in [0, 0.05) is 17.1 Å². The molecule has 0 spiro atoms. The van der Waals surface area contributed by atoms with Crippen LogP contribution in [0.1, 0.15) is 26.3 Å². The van der Waals surface area contributed by atoms with Crippen molar-refractivity contribution in [1.29, 1.82) is 0 Å². The van der Waals surface area contributed by atoms with Gasteiger partial charge in [-0.15, -0.1) is 0 Å². The number of nitrogens with one attached hydrogen (secondary N) is 1.